The highest BCUT2D eigenvalue weighted by Crippen LogP contribution is 2.31. The van der Waals surface area contributed by atoms with Gasteiger partial charge in [0.1, 0.15) is 6.54 Å². The van der Waals surface area contributed by atoms with Gasteiger partial charge in [-0.25, -0.2) is 0 Å². The van der Waals surface area contributed by atoms with E-state index in [0.29, 0.717) is 30.1 Å². The first-order chi connectivity index (χ1) is 13.2. The average Bonchev–Trinajstić information content (AvgIpc) is 2.88. The fraction of sp³-hybridized carbons (Fsp3) is 0.500. The molecular formula is C20H24F3N3O2. The van der Waals surface area contributed by atoms with E-state index in [2.05, 4.69) is 5.10 Å². The van der Waals surface area contributed by atoms with E-state index in [1.54, 1.807) is 18.7 Å². The molecule has 2 aromatic rings. The van der Waals surface area contributed by atoms with Crippen molar-refractivity contribution in [3.63, 3.8) is 0 Å². The summed E-state index contributed by atoms with van der Waals surface area (Å²) in [5.41, 5.74) is 3.53. The SMILES string of the molecule is Cc1ccccc1CC(=O)N1CCOC[C@H]1c1c(C)nn(CC(F)(F)F)c1C. The van der Waals surface area contributed by atoms with Crippen molar-refractivity contribution in [1.82, 2.24) is 14.7 Å². The molecular weight excluding hydrogens is 371 g/mol. The monoisotopic (exact) mass is 395 g/mol. The summed E-state index contributed by atoms with van der Waals surface area (Å²) in [6, 6.07) is 7.24. The molecule has 1 atom stereocenters. The summed E-state index contributed by atoms with van der Waals surface area (Å²) >= 11 is 0. The lowest BCUT2D eigenvalue weighted by Crippen LogP contribution is -2.44. The summed E-state index contributed by atoms with van der Waals surface area (Å²) in [6.07, 6.45) is -4.11. The first kappa shape index (κ1) is 20.4. The molecule has 1 aliphatic heterocycles. The summed E-state index contributed by atoms with van der Waals surface area (Å²) in [6.45, 7) is 5.15. The number of amides is 1. The smallest absolute Gasteiger partial charge is 0.377 e. The molecule has 0 spiro atoms. The third-order valence-electron chi connectivity index (χ3n) is 5.15. The number of rotatable bonds is 4. The first-order valence-electron chi connectivity index (χ1n) is 9.19. The van der Waals surface area contributed by atoms with Crippen LogP contribution < -0.4 is 0 Å². The normalized spacial score (nSPS) is 17.8. The number of morpholine rings is 1. The Morgan fingerprint density at radius 3 is 2.64 bits per heavy atom. The van der Waals surface area contributed by atoms with Crippen molar-refractivity contribution >= 4 is 5.91 Å². The van der Waals surface area contributed by atoms with Gasteiger partial charge in [-0.3, -0.25) is 9.48 Å². The van der Waals surface area contributed by atoms with Gasteiger partial charge < -0.3 is 9.64 Å². The minimum absolute atomic E-state index is 0.0648. The van der Waals surface area contributed by atoms with Gasteiger partial charge in [-0.2, -0.15) is 18.3 Å². The second-order valence-corrected chi connectivity index (χ2v) is 7.14. The average molecular weight is 395 g/mol. The molecule has 1 amide bonds. The highest BCUT2D eigenvalue weighted by Gasteiger charge is 2.35. The number of hydrogen-bond donors (Lipinski definition) is 0. The van der Waals surface area contributed by atoms with E-state index >= 15 is 0 Å². The third kappa shape index (κ3) is 4.38. The Labute approximate surface area is 162 Å². The highest BCUT2D eigenvalue weighted by atomic mass is 19.4. The van der Waals surface area contributed by atoms with Crippen LogP contribution in [0.25, 0.3) is 0 Å². The molecule has 0 aliphatic carbocycles. The minimum Gasteiger partial charge on any atom is -0.377 e. The van der Waals surface area contributed by atoms with Crippen LogP contribution in [0.5, 0.6) is 0 Å². The fourth-order valence-corrected chi connectivity index (χ4v) is 3.73. The van der Waals surface area contributed by atoms with Gasteiger partial charge in [0.25, 0.3) is 0 Å². The van der Waals surface area contributed by atoms with Crippen molar-refractivity contribution in [2.75, 3.05) is 19.8 Å². The van der Waals surface area contributed by atoms with Gasteiger partial charge in [-0.05, 0) is 31.9 Å². The van der Waals surface area contributed by atoms with Gasteiger partial charge in [0, 0.05) is 17.8 Å². The van der Waals surface area contributed by atoms with Crippen LogP contribution >= 0.6 is 0 Å². The van der Waals surface area contributed by atoms with Crippen molar-refractivity contribution in [3.8, 4) is 0 Å². The van der Waals surface area contributed by atoms with Gasteiger partial charge >= 0.3 is 6.18 Å². The molecule has 3 rings (SSSR count). The maximum atomic E-state index is 13.0. The van der Waals surface area contributed by atoms with Crippen molar-refractivity contribution in [2.45, 2.75) is 46.0 Å². The Balaban J connectivity index is 1.88. The lowest BCUT2D eigenvalue weighted by atomic mass is 10.0. The summed E-state index contributed by atoms with van der Waals surface area (Å²) in [5.74, 6) is -0.0648. The molecule has 5 nitrogen and oxygen atoms in total. The lowest BCUT2D eigenvalue weighted by molar-refractivity contribution is -0.143. The Kier molecular flexibility index (Phi) is 5.79. The van der Waals surface area contributed by atoms with Crippen LogP contribution in [0, 0.1) is 20.8 Å². The Bertz CT molecular complexity index is 861. The second kappa shape index (κ2) is 7.95. The zero-order chi connectivity index (χ0) is 20.5. The maximum Gasteiger partial charge on any atom is 0.408 e. The van der Waals surface area contributed by atoms with Crippen molar-refractivity contribution in [3.05, 3.63) is 52.3 Å². The molecule has 1 aliphatic rings. The van der Waals surface area contributed by atoms with Gasteiger partial charge in [-0.15, -0.1) is 0 Å². The maximum absolute atomic E-state index is 13.0. The van der Waals surface area contributed by atoms with Crippen molar-refractivity contribution in [1.29, 1.82) is 0 Å². The van der Waals surface area contributed by atoms with E-state index in [1.165, 1.54) is 0 Å². The minimum atomic E-state index is -4.36. The van der Waals surface area contributed by atoms with Gasteiger partial charge in [0.2, 0.25) is 5.91 Å². The zero-order valence-electron chi connectivity index (χ0n) is 16.2. The molecule has 0 radical (unpaired) electrons. The number of halogens is 3. The molecule has 152 valence electrons. The van der Waals surface area contributed by atoms with E-state index in [0.717, 1.165) is 15.8 Å². The van der Waals surface area contributed by atoms with E-state index in [9.17, 15) is 18.0 Å². The van der Waals surface area contributed by atoms with E-state index in [4.69, 9.17) is 4.74 Å². The summed E-state index contributed by atoms with van der Waals surface area (Å²) in [5, 5.41) is 4.07. The number of benzene rings is 1. The molecule has 1 fully saturated rings. The van der Waals surface area contributed by atoms with Crippen LogP contribution in [0.1, 0.15) is 34.1 Å². The van der Waals surface area contributed by atoms with Gasteiger partial charge in [0.05, 0.1) is 31.4 Å². The number of carbonyl (C=O) groups is 1. The van der Waals surface area contributed by atoms with E-state index in [-0.39, 0.29) is 18.9 Å². The Morgan fingerprint density at radius 2 is 1.96 bits per heavy atom. The van der Waals surface area contributed by atoms with Crippen LogP contribution in [-0.4, -0.2) is 46.5 Å². The van der Waals surface area contributed by atoms with E-state index < -0.39 is 18.8 Å². The molecule has 8 heteroatoms. The van der Waals surface area contributed by atoms with Crippen molar-refractivity contribution in [2.24, 2.45) is 0 Å². The van der Waals surface area contributed by atoms with Gasteiger partial charge in [0.15, 0.2) is 0 Å². The topological polar surface area (TPSA) is 47.4 Å². The molecule has 28 heavy (non-hydrogen) atoms. The van der Waals surface area contributed by atoms with Gasteiger partial charge in [-0.1, -0.05) is 24.3 Å². The quantitative estimate of drug-likeness (QED) is 0.796. The number of aryl methyl sites for hydroxylation is 2. The molecule has 0 bridgehead atoms. The largest absolute Gasteiger partial charge is 0.408 e. The first-order valence-corrected chi connectivity index (χ1v) is 9.19. The number of carbonyl (C=O) groups excluding carboxylic acids is 1. The molecule has 0 unspecified atom stereocenters. The lowest BCUT2D eigenvalue weighted by Gasteiger charge is -2.36. The Morgan fingerprint density at radius 1 is 1.25 bits per heavy atom. The van der Waals surface area contributed by atoms with Crippen LogP contribution in [0.2, 0.25) is 0 Å². The zero-order valence-corrected chi connectivity index (χ0v) is 16.2. The highest BCUT2D eigenvalue weighted by molar-refractivity contribution is 5.80. The Hall–Kier alpha value is -2.35. The molecule has 0 N–H and O–H groups in total. The number of aromatic nitrogens is 2. The predicted molar refractivity (Wildman–Crippen MR) is 97.9 cm³/mol. The van der Waals surface area contributed by atoms with Crippen LogP contribution in [-0.2, 0) is 22.5 Å². The molecule has 2 heterocycles. The third-order valence-corrected chi connectivity index (χ3v) is 5.15. The molecule has 0 saturated carbocycles. The van der Waals surface area contributed by atoms with Crippen molar-refractivity contribution < 1.29 is 22.7 Å². The predicted octanol–water partition coefficient (Wildman–Crippen LogP) is 3.51. The number of alkyl halides is 3. The van der Waals surface area contributed by atoms with Crippen LogP contribution in [0.15, 0.2) is 24.3 Å². The summed E-state index contributed by atoms with van der Waals surface area (Å²) in [4.78, 5) is 14.7. The number of hydrogen-bond acceptors (Lipinski definition) is 3. The number of nitrogens with zero attached hydrogens (tertiary/aromatic N) is 3. The molecule has 1 aromatic heterocycles. The molecule has 1 saturated heterocycles. The van der Waals surface area contributed by atoms with Crippen LogP contribution in [0.3, 0.4) is 0 Å². The standard InChI is InChI=1S/C20H24F3N3O2/c1-13-6-4-5-7-16(13)10-18(27)25-8-9-28-11-17(25)19-14(2)24-26(15(19)3)12-20(21,22)23/h4-7,17H,8-12H2,1-3H3/t17-/m0/s1. The fourth-order valence-electron chi connectivity index (χ4n) is 3.73. The summed E-state index contributed by atoms with van der Waals surface area (Å²) in [7, 11) is 0. The molecule has 1 aromatic carbocycles. The second-order valence-electron chi connectivity index (χ2n) is 7.14. The number of ether oxygens (including phenoxy) is 1. The van der Waals surface area contributed by atoms with Crippen LogP contribution in [0.4, 0.5) is 13.2 Å². The van der Waals surface area contributed by atoms with E-state index in [1.807, 2.05) is 31.2 Å². The summed E-state index contributed by atoms with van der Waals surface area (Å²) < 4.78 is 45.0.